The van der Waals surface area contributed by atoms with Crippen LogP contribution in [-0.2, 0) is 4.79 Å². The predicted octanol–water partition coefficient (Wildman–Crippen LogP) is 1.35. The van der Waals surface area contributed by atoms with Gasteiger partial charge in [-0.3, -0.25) is 4.79 Å². The Bertz CT molecular complexity index is 340. The molecule has 0 aromatic carbocycles. The second-order valence-corrected chi connectivity index (χ2v) is 6.97. The molecule has 1 amide bonds. The lowest BCUT2D eigenvalue weighted by Gasteiger charge is -2.31. The third kappa shape index (κ3) is 3.86. The van der Waals surface area contributed by atoms with Crippen LogP contribution in [0.1, 0.15) is 32.6 Å². The van der Waals surface area contributed by atoms with Gasteiger partial charge in [-0.25, -0.2) is 0 Å². The number of carbonyl (C=O) groups excluding carboxylic acids is 1. The molecular formula is C15H28ClN3O. The maximum atomic E-state index is 12.1. The maximum absolute atomic E-state index is 12.1. The summed E-state index contributed by atoms with van der Waals surface area (Å²) < 4.78 is 0. The zero-order chi connectivity index (χ0) is 13.3. The van der Waals surface area contributed by atoms with Crippen LogP contribution in [0.4, 0.5) is 0 Å². The Labute approximate surface area is 128 Å². The first-order chi connectivity index (χ1) is 9.16. The molecule has 3 rings (SSSR count). The summed E-state index contributed by atoms with van der Waals surface area (Å²) in [5.74, 6) is 0.804. The number of carbonyl (C=O) groups is 1. The van der Waals surface area contributed by atoms with Crippen molar-refractivity contribution in [2.75, 3.05) is 45.8 Å². The first kappa shape index (κ1) is 16.1. The van der Waals surface area contributed by atoms with E-state index in [9.17, 15) is 4.79 Å². The summed E-state index contributed by atoms with van der Waals surface area (Å²) >= 11 is 0. The molecule has 0 aromatic heterocycles. The normalized spacial score (nSPS) is 31.8. The molecule has 2 heterocycles. The van der Waals surface area contributed by atoms with Gasteiger partial charge in [0.15, 0.2) is 0 Å². The molecule has 3 fully saturated rings. The van der Waals surface area contributed by atoms with Crippen LogP contribution in [0.15, 0.2) is 0 Å². The molecule has 5 heteroatoms. The first-order valence-corrected chi connectivity index (χ1v) is 7.88. The minimum atomic E-state index is 0. The van der Waals surface area contributed by atoms with Crippen molar-refractivity contribution in [3.63, 3.8) is 0 Å². The van der Waals surface area contributed by atoms with Crippen molar-refractivity contribution < 1.29 is 4.79 Å². The summed E-state index contributed by atoms with van der Waals surface area (Å²) in [4.78, 5) is 16.8. The smallest absolute Gasteiger partial charge is 0.225 e. The van der Waals surface area contributed by atoms with Crippen molar-refractivity contribution in [3.8, 4) is 0 Å². The lowest BCUT2D eigenvalue weighted by Crippen LogP contribution is -2.40. The molecule has 3 aliphatic rings. The fraction of sp³-hybridized carbons (Fsp3) is 0.933. The van der Waals surface area contributed by atoms with Crippen LogP contribution < -0.4 is 5.32 Å². The average Bonchev–Trinajstić information content (AvgIpc) is 3.17. The lowest BCUT2D eigenvalue weighted by molar-refractivity contribution is -0.132. The Balaban J connectivity index is 0.00000147. The van der Waals surface area contributed by atoms with E-state index in [4.69, 9.17) is 0 Å². The number of nitrogens with zero attached hydrogens (tertiary/aromatic N) is 2. The van der Waals surface area contributed by atoms with Gasteiger partial charge >= 0.3 is 0 Å². The molecule has 1 atom stereocenters. The number of hydrogen-bond donors (Lipinski definition) is 1. The van der Waals surface area contributed by atoms with E-state index in [2.05, 4.69) is 22.0 Å². The van der Waals surface area contributed by atoms with E-state index < -0.39 is 0 Å². The van der Waals surface area contributed by atoms with Crippen molar-refractivity contribution in [1.29, 1.82) is 0 Å². The van der Waals surface area contributed by atoms with Gasteiger partial charge in [-0.15, -0.1) is 12.4 Å². The van der Waals surface area contributed by atoms with Crippen LogP contribution in [0.3, 0.4) is 0 Å². The van der Waals surface area contributed by atoms with Crippen molar-refractivity contribution >= 4 is 18.3 Å². The van der Waals surface area contributed by atoms with Crippen molar-refractivity contribution in [3.05, 3.63) is 0 Å². The van der Waals surface area contributed by atoms with Crippen molar-refractivity contribution in [1.82, 2.24) is 15.1 Å². The molecule has 1 N–H and O–H groups in total. The van der Waals surface area contributed by atoms with Gasteiger partial charge < -0.3 is 15.1 Å². The Hall–Kier alpha value is -0.320. The van der Waals surface area contributed by atoms with Crippen LogP contribution in [0.25, 0.3) is 0 Å². The fourth-order valence-corrected chi connectivity index (χ4v) is 3.48. The molecule has 1 unspecified atom stereocenters. The van der Waals surface area contributed by atoms with Gasteiger partial charge in [-0.1, -0.05) is 6.92 Å². The number of rotatable bonds is 3. The van der Waals surface area contributed by atoms with Crippen LogP contribution in [-0.4, -0.2) is 61.5 Å². The largest absolute Gasteiger partial charge is 0.341 e. The zero-order valence-corrected chi connectivity index (χ0v) is 13.4. The Morgan fingerprint density at radius 1 is 1.25 bits per heavy atom. The third-order valence-electron chi connectivity index (χ3n) is 4.89. The number of nitrogens with one attached hydrogen (secondary N) is 1. The van der Waals surface area contributed by atoms with E-state index in [1.54, 1.807) is 0 Å². The lowest BCUT2D eigenvalue weighted by atomic mass is 9.89. The van der Waals surface area contributed by atoms with E-state index >= 15 is 0 Å². The second-order valence-electron chi connectivity index (χ2n) is 6.97. The number of hydrogen-bond acceptors (Lipinski definition) is 3. The van der Waals surface area contributed by atoms with Gasteiger partial charge in [0.25, 0.3) is 0 Å². The van der Waals surface area contributed by atoms with Gasteiger partial charge in [0.2, 0.25) is 5.91 Å². The maximum Gasteiger partial charge on any atom is 0.225 e. The average molecular weight is 302 g/mol. The molecule has 2 aliphatic heterocycles. The van der Waals surface area contributed by atoms with Gasteiger partial charge in [0.1, 0.15) is 0 Å². The monoisotopic (exact) mass is 301 g/mol. The highest BCUT2D eigenvalue weighted by Gasteiger charge is 2.35. The third-order valence-corrected chi connectivity index (χ3v) is 4.89. The highest BCUT2D eigenvalue weighted by Crippen LogP contribution is 2.31. The van der Waals surface area contributed by atoms with E-state index in [0.717, 1.165) is 58.5 Å². The highest BCUT2D eigenvalue weighted by molar-refractivity contribution is 5.85. The van der Waals surface area contributed by atoms with Gasteiger partial charge in [0.05, 0.1) is 0 Å². The van der Waals surface area contributed by atoms with Gasteiger partial charge in [0, 0.05) is 38.6 Å². The Morgan fingerprint density at radius 3 is 2.70 bits per heavy atom. The van der Waals surface area contributed by atoms with E-state index in [-0.39, 0.29) is 12.4 Å². The van der Waals surface area contributed by atoms with Crippen LogP contribution in [0.5, 0.6) is 0 Å². The van der Waals surface area contributed by atoms with E-state index in [0.29, 0.717) is 17.2 Å². The zero-order valence-electron chi connectivity index (χ0n) is 12.6. The highest BCUT2D eigenvalue weighted by atomic mass is 35.5. The topological polar surface area (TPSA) is 35.6 Å². The quantitative estimate of drug-likeness (QED) is 0.855. The molecule has 4 nitrogen and oxygen atoms in total. The summed E-state index contributed by atoms with van der Waals surface area (Å²) in [5, 5.41) is 3.48. The minimum absolute atomic E-state index is 0. The summed E-state index contributed by atoms with van der Waals surface area (Å²) in [6.45, 7) is 10.0. The number of halogens is 1. The predicted molar refractivity (Wildman–Crippen MR) is 83.2 cm³/mol. The Morgan fingerprint density at radius 2 is 2.05 bits per heavy atom. The van der Waals surface area contributed by atoms with Crippen molar-refractivity contribution in [2.24, 2.45) is 11.3 Å². The molecule has 0 bridgehead atoms. The summed E-state index contributed by atoms with van der Waals surface area (Å²) in [7, 11) is 0. The SMILES string of the molecule is CC1(CN2CCCN(C(=O)C3CC3)CC2)CCNC1.Cl. The van der Waals surface area contributed by atoms with Crippen LogP contribution >= 0.6 is 12.4 Å². The van der Waals surface area contributed by atoms with Crippen LogP contribution in [0.2, 0.25) is 0 Å². The van der Waals surface area contributed by atoms with E-state index in [1.807, 2.05) is 0 Å². The van der Waals surface area contributed by atoms with E-state index in [1.165, 1.54) is 13.0 Å². The summed E-state index contributed by atoms with van der Waals surface area (Å²) in [6.07, 6.45) is 4.68. The standard InChI is InChI=1S/C15H27N3O.ClH/c1-15(5-6-16-11-15)12-17-7-2-8-18(10-9-17)14(19)13-3-4-13;/h13,16H,2-12H2,1H3;1H. The van der Waals surface area contributed by atoms with Crippen LogP contribution in [0, 0.1) is 11.3 Å². The molecule has 0 spiro atoms. The van der Waals surface area contributed by atoms with Gasteiger partial charge in [-0.2, -0.15) is 0 Å². The summed E-state index contributed by atoms with van der Waals surface area (Å²) in [5.41, 5.74) is 0.440. The molecule has 1 saturated carbocycles. The molecular weight excluding hydrogens is 274 g/mol. The number of amides is 1. The van der Waals surface area contributed by atoms with Gasteiger partial charge in [-0.05, 0) is 44.2 Å². The second kappa shape index (κ2) is 6.63. The molecule has 0 radical (unpaired) electrons. The van der Waals surface area contributed by atoms with Crippen molar-refractivity contribution in [2.45, 2.75) is 32.6 Å². The molecule has 1 aliphatic carbocycles. The summed E-state index contributed by atoms with van der Waals surface area (Å²) in [6, 6.07) is 0. The Kier molecular flexibility index (Phi) is 5.32. The molecule has 2 saturated heterocycles. The fourth-order valence-electron chi connectivity index (χ4n) is 3.48. The first-order valence-electron chi connectivity index (χ1n) is 7.88. The molecule has 20 heavy (non-hydrogen) atoms. The molecule has 0 aromatic rings. The minimum Gasteiger partial charge on any atom is -0.341 e. The molecule has 116 valence electrons.